The summed E-state index contributed by atoms with van der Waals surface area (Å²) >= 11 is 0. The van der Waals surface area contributed by atoms with Gasteiger partial charge in [0.1, 0.15) is 0 Å². The first-order valence-corrected chi connectivity index (χ1v) is 4.46. The molecule has 0 radical (unpaired) electrons. The van der Waals surface area contributed by atoms with E-state index in [2.05, 4.69) is 12.2 Å². The molecular weight excluding hydrogens is 182 g/mol. The molecule has 0 spiro atoms. The maximum Gasteiger partial charge on any atom is 0.488 e. The molecule has 0 aliphatic heterocycles. The van der Waals surface area contributed by atoms with Gasteiger partial charge in [0.2, 0.25) is 5.91 Å². The molecule has 0 rings (SSSR count). The summed E-state index contributed by atoms with van der Waals surface area (Å²) in [7, 11) is 0. The lowest BCUT2D eigenvalue weighted by Gasteiger charge is -2.08. The van der Waals surface area contributed by atoms with Crippen LogP contribution in [0.25, 0.3) is 0 Å². The number of urea groups is 1. The van der Waals surface area contributed by atoms with Crippen molar-refractivity contribution < 1.29 is 14.2 Å². The fraction of sp³-hybridized carbons (Fsp3) is 0.556. The molecule has 0 heterocycles. The van der Waals surface area contributed by atoms with E-state index in [0.717, 1.165) is 0 Å². The van der Waals surface area contributed by atoms with E-state index in [1.54, 1.807) is 0 Å². The number of hydrogen-bond donors (Lipinski definition) is 2. The number of rotatable bonds is 4. The zero-order chi connectivity index (χ0) is 11.1. The summed E-state index contributed by atoms with van der Waals surface area (Å²) in [6, 6.07) is -0.225. The highest BCUT2D eigenvalue weighted by molar-refractivity contribution is 5.75. The van der Waals surface area contributed by atoms with Gasteiger partial charge in [0.05, 0.1) is 19.0 Å². The van der Waals surface area contributed by atoms with Gasteiger partial charge < -0.3 is 12.7 Å². The minimum Gasteiger partial charge on any atom is -0.370 e. The third-order valence-corrected chi connectivity index (χ3v) is 1.64. The van der Waals surface area contributed by atoms with Crippen LogP contribution in [0.2, 0.25) is 0 Å². The van der Waals surface area contributed by atoms with Gasteiger partial charge in [-0.15, -0.1) is 0 Å². The van der Waals surface area contributed by atoms with Crippen LogP contribution in [0.4, 0.5) is 4.79 Å². The molecule has 5 heteroatoms. The zero-order valence-electron chi connectivity index (χ0n) is 8.62. The summed E-state index contributed by atoms with van der Waals surface area (Å²) in [5.74, 6) is -0.431. The average molecular weight is 199 g/mol. The normalized spacial score (nSPS) is 11.5. The van der Waals surface area contributed by atoms with Crippen molar-refractivity contribution >= 4 is 18.2 Å². The van der Waals surface area contributed by atoms with Gasteiger partial charge in [-0.05, 0) is 13.8 Å². The number of hydrogen-bond acceptors (Lipinski definition) is 2. The monoisotopic (exact) mass is 199 g/mol. The fourth-order valence-corrected chi connectivity index (χ4v) is 0.912. The third-order valence-electron chi connectivity index (χ3n) is 1.64. The molecule has 0 unspecified atom stereocenters. The van der Waals surface area contributed by atoms with Crippen molar-refractivity contribution in [1.29, 1.82) is 0 Å². The van der Waals surface area contributed by atoms with E-state index < -0.39 is 5.91 Å². The Morgan fingerprint density at radius 3 is 2.50 bits per heavy atom. The molecule has 0 atom stereocenters. The minimum atomic E-state index is -0.431. The van der Waals surface area contributed by atoms with Crippen LogP contribution in [-0.2, 0) is 4.79 Å². The molecule has 0 aromatic heterocycles. The summed E-state index contributed by atoms with van der Waals surface area (Å²) in [6.07, 6.45) is 1.60. The lowest BCUT2D eigenvalue weighted by Crippen LogP contribution is -2.38. The van der Waals surface area contributed by atoms with Gasteiger partial charge in [-0.25, -0.2) is 9.89 Å². The Balaban J connectivity index is 4.01. The van der Waals surface area contributed by atoms with Crippen molar-refractivity contribution in [2.24, 2.45) is 5.73 Å². The number of carbonyl (C=O) groups is 2. The Bertz CT molecular complexity index is 246. The van der Waals surface area contributed by atoms with Gasteiger partial charge >= 0.3 is 6.03 Å². The van der Waals surface area contributed by atoms with Crippen LogP contribution in [-0.4, -0.2) is 35.3 Å². The number of nitrogens with one attached hydrogen (secondary N) is 1. The second kappa shape index (κ2) is 6.01. The largest absolute Gasteiger partial charge is 0.488 e. The lowest BCUT2D eigenvalue weighted by molar-refractivity contribution is -0.458. The van der Waals surface area contributed by atoms with E-state index >= 15 is 0 Å². The second-order valence-corrected chi connectivity index (χ2v) is 3.13. The zero-order valence-corrected chi connectivity index (χ0v) is 8.62. The molecule has 0 fully saturated rings. The molecule has 0 aliphatic carbocycles. The third kappa shape index (κ3) is 4.49. The summed E-state index contributed by atoms with van der Waals surface area (Å²) in [5.41, 5.74) is 4.92. The number of carbonyl (C=O) groups excluding carboxylic acids is 2. The Labute approximate surface area is 84.0 Å². The van der Waals surface area contributed by atoms with Crippen molar-refractivity contribution in [1.82, 2.24) is 5.32 Å². The molecule has 5 nitrogen and oxygen atoms in total. The van der Waals surface area contributed by atoms with E-state index in [9.17, 15) is 9.59 Å². The number of amides is 3. The standard InChI is InChI=1S/C9H17N3O2/c1-4-12(7(2)3)9(14)11-6-5-8(10)13/h4,7H,1,5-6H2,2-3H3,(H2,10,13)(H,11,14)/b12-4+. The van der Waals surface area contributed by atoms with Crippen molar-refractivity contribution in [2.75, 3.05) is 6.54 Å². The molecule has 14 heavy (non-hydrogen) atoms. The fourth-order valence-electron chi connectivity index (χ4n) is 0.912. The Morgan fingerprint density at radius 1 is 1.57 bits per heavy atom. The molecule has 0 saturated heterocycles. The predicted molar refractivity (Wildman–Crippen MR) is 54.0 cm³/mol. The number of nitrogens with zero attached hydrogens (tertiary/aromatic N) is 1. The Hall–Kier alpha value is -1.52. The van der Waals surface area contributed by atoms with E-state index in [-0.39, 0.29) is 25.0 Å². The SMILES string of the molecule is [CH2-]/C=[N+](/C(=O)NCCC(N)=O)C(C)C. The molecule has 3 N–H and O–H groups in total. The van der Waals surface area contributed by atoms with Gasteiger partial charge in [-0.1, -0.05) is 6.21 Å². The second-order valence-electron chi connectivity index (χ2n) is 3.13. The average Bonchev–Trinajstić information content (AvgIpc) is 2.03. The summed E-state index contributed by atoms with van der Waals surface area (Å²) in [4.78, 5) is 21.8. The van der Waals surface area contributed by atoms with Gasteiger partial charge in [0, 0.05) is 0 Å². The van der Waals surface area contributed by atoms with E-state index in [4.69, 9.17) is 5.73 Å². The van der Waals surface area contributed by atoms with E-state index in [0.29, 0.717) is 0 Å². The predicted octanol–water partition coefficient (Wildman–Crippen LogP) is -0.103. The van der Waals surface area contributed by atoms with Crippen LogP contribution in [0.1, 0.15) is 20.3 Å². The quantitative estimate of drug-likeness (QED) is 0.377. The highest BCUT2D eigenvalue weighted by atomic mass is 16.2. The van der Waals surface area contributed by atoms with Crippen molar-refractivity contribution in [2.45, 2.75) is 26.3 Å². The van der Waals surface area contributed by atoms with Crippen molar-refractivity contribution in [3.05, 3.63) is 6.92 Å². The molecule has 0 aromatic rings. The number of primary amides is 1. The Morgan fingerprint density at radius 2 is 2.14 bits per heavy atom. The molecule has 0 bridgehead atoms. The lowest BCUT2D eigenvalue weighted by atomic mass is 10.4. The van der Waals surface area contributed by atoms with Crippen LogP contribution >= 0.6 is 0 Å². The van der Waals surface area contributed by atoms with Crippen LogP contribution in [0.15, 0.2) is 0 Å². The highest BCUT2D eigenvalue weighted by Gasteiger charge is 2.15. The topological polar surface area (TPSA) is 75.2 Å². The maximum atomic E-state index is 11.4. The molecular formula is C9H17N3O2. The minimum absolute atomic E-state index is 0.0427. The van der Waals surface area contributed by atoms with Gasteiger partial charge in [0.25, 0.3) is 0 Å². The summed E-state index contributed by atoms with van der Waals surface area (Å²) in [6.45, 7) is 7.52. The van der Waals surface area contributed by atoms with E-state index in [1.807, 2.05) is 13.8 Å². The molecule has 3 amide bonds. The van der Waals surface area contributed by atoms with Crippen LogP contribution in [0.3, 0.4) is 0 Å². The summed E-state index contributed by atoms with van der Waals surface area (Å²) < 4.78 is 1.45. The summed E-state index contributed by atoms with van der Waals surface area (Å²) in [5, 5.41) is 2.56. The van der Waals surface area contributed by atoms with Crippen LogP contribution in [0, 0.1) is 6.92 Å². The highest BCUT2D eigenvalue weighted by Crippen LogP contribution is 1.88. The number of nitrogens with two attached hydrogens (primary N) is 1. The first-order valence-electron chi connectivity index (χ1n) is 4.46. The first kappa shape index (κ1) is 12.5. The molecule has 0 saturated carbocycles. The molecule has 0 aliphatic rings. The van der Waals surface area contributed by atoms with E-state index in [1.165, 1.54) is 10.8 Å². The van der Waals surface area contributed by atoms with Crippen LogP contribution < -0.4 is 11.1 Å². The first-order chi connectivity index (χ1) is 6.49. The molecule has 0 aromatic carbocycles. The Kier molecular flexibility index (Phi) is 5.36. The smallest absolute Gasteiger partial charge is 0.370 e. The van der Waals surface area contributed by atoms with Crippen LogP contribution in [0.5, 0.6) is 0 Å². The van der Waals surface area contributed by atoms with Crippen molar-refractivity contribution in [3.8, 4) is 0 Å². The van der Waals surface area contributed by atoms with Crippen molar-refractivity contribution in [3.63, 3.8) is 0 Å². The molecule has 80 valence electrons. The van der Waals surface area contributed by atoms with Gasteiger partial charge in [-0.3, -0.25) is 4.79 Å². The maximum absolute atomic E-state index is 11.4. The van der Waals surface area contributed by atoms with Gasteiger partial charge in [0.15, 0.2) is 0 Å². The van der Waals surface area contributed by atoms with Gasteiger partial charge in [-0.2, -0.15) is 4.79 Å².